The summed E-state index contributed by atoms with van der Waals surface area (Å²) in [7, 11) is 1.67. The molecule has 0 unspecified atom stereocenters. The maximum atomic E-state index is 11.9. The molecule has 0 aliphatic rings. The third-order valence-electron chi connectivity index (χ3n) is 2.96. The van der Waals surface area contributed by atoms with E-state index >= 15 is 0 Å². The van der Waals surface area contributed by atoms with Crippen LogP contribution in [-0.4, -0.2) is 22.2 Å². The van der Waals surface area contributed by atoms with Crippen molar-refractivity contribution < 1.29 is 66.0 Å². The molecule has 0 bridgehead atoms. The fourth-order valence-corrected chi connectivity index (χ4v) is 1.97. The van der Waals surface area contributed by atoms with Crippen LogP contribution < -0.4 is 56.9 Å². The number of ether oxygens (including phenoxy) is 1. The minimum Gasteiger partial charge on any atom is -0.502 e. The molecule has 0 radical (unpaired) electrons. The van der Waals surface area contributed by atoms with Crippen molar-refractivity contribution in [3.05, 3.63) is 52.0 Å². The van der Waals surface area contributed by atoms with Crippen molar-refractivity contribution in [1.82, 2.24) is 4.57 Å². The van der Waals surface area contributed by atoms with E-state index in [0.717, 1.165) is 10.9 Å². The van der Waals surface area contributed by atoms with Crippen LogP contribution in [0.4, 0.5) is 0 Å². The molecule has 1 heterocycles. The van der Waals surface area contributed by atoms with Gasteiger partial charge in [-0.25, -0.2) is 4.79 Å². The Bertz CT molecular complexity index is 749. The van der Waals surface area contributed by atoms with Crippen LogP contribution >= 0.6 is 0 Å². The van der Waals surface area contributed by atoms with Crippen molar-refractivity contribution in [3.8, 4) is 0 Å². The largest absolute Gasteiger partial charge is 1.00 e. The second-order valence-corrected chi connectivity index (χ2v) is 4.26. The standard InChI is InChI=1S/C15H15NO4.K/c1-3-20-15(19)13(17)8-10-9-14(18)16(2)12-7-5-4-6-11(10)12;/h4-9,17H,3H2,1-2H3;/q;+1/b13-8-;. The van der Waals surface area contributed by atoms with Gasteiger partial charge in [-0.1, -0.05) is 18.2 Å². The summed E-state index contributed by atoms with van der Waals surface area (Å²) in [5.74, 6) is -1.33. The number of hydrogen-bond acceptors (Lipinski definition) is 4. The average Bonchev–Trinajstić information content (AvgIpc) is 2.44. The molecule has 5 nitrogen and oxygen atoms in total. The molecule has 1 aromatic heterocycles. The van der Waals surface area contributed by atoms with Gasteiger partial charge in [-0.05, 0) is 24.6 Å². The van der Waals surface area contributed by atoms with Gasteiger partial charge in [0, 0.05) is 18.5 Å². The van der Waals surface area contributed by atoms with E-state index in [0.29, 0.717) is 5.56 Å². The maximum Gasteiger partial charge on any atom is 1.00 e. The van der Waals surface area contributed by atoms with E-state index in [9.17, 15) is 14.7 Å². The smallest absolute Gasteiger partial charge is 0.502 e. The number of para-hydroxylation sites is 1. The molecule has 0 saturated heterocycles. The number of rotatable bonds is 3. The number of esters is 1. The summed E-state index contributed by atoms with van der Waals surface area (Å²) >= 11 is 0. The van der Waals surface area contributed by atoms with Gasteiger partial charge in [0.25, 0.3) is 5.56 Å². The van der Waals surface area contributed by atoms with Crippen molar-refractivity contribution in [2.45, 2.75) is 6.92 Å². The molecule has 0 atom stereocenters. The zero-order valence-electron chi connectivity index (χ0n) is 12.3. The van der Waals surface area contributed by atoms with Crippen molar-refractivity contribution in [2.24, 2.45) is 7.05 Å². The van der Waals surface area contributed by atoms with E-state index in [1.165, 1.54) is 16.7 Å². The summed E-state index contributed by atoms with van der Waals surface area (Å²) in [6, 6.07) is 8.64. The number of aryl methyl sites for hydroxylation is 1. The van der Waals surface area contributed by atoms with Crippen molar-refractivity contribution in [3.63, 3.8) is 0 Å². The summed E-state index contributed by atoms with van der Waals surface area (Å²) in [4.78, 5) is 23.3. The fourth-order valence-electron chi connectivity index (χ4n) is 1.97. The second-order valence-electron chi connectivity index (χ2n) is 4.26. The minimum atomic E-state index is -0.808. The van der Waals surface area contributed by atoms with Crippen LogP contribution in [0.2, 0.25) is 0 Å². The minimum absolute atomic E-state index is 0. The van der Waals surface area contributed by atoms with Crippen LogP contribution in [0.25, 0.3) is 17.0 Å². The van der Waals surface area contributed by atoms with E-state index in [2.05, 4.69) is 0 Å². The summed E-state index contributed by atoms with van der Waals surface area (Å²) in [5, 5.41) is 10.5. The summed E-state index contributed by atoms with van der Waals surface area (Å²) in [6.07, 6.45) is 1.25. The van der Waals surface area contributed by atoms with E-state index in [1.807, 2.05) is 18.2 Å². The maximum absolute atomic E-state index is 11.9. The zero-order valence-corrected chi connectivity index (χ0v) is 15.4. The molecule has 2 aromatic rings. The molecule has 0 fully saturated rings. The van der Waals surface area contributed by atoms with Crippen molar-refractivity contribution in [1.29, 1.82) is 0 Å². The molecule has 1 N–H and O–H groups in total. The summed E-state index contributed by atoms with van der Waals surface area (Å²) in [5.41, 5.74) is 0.990. The zero-order chi connectivity index (χ0) is 14.7. The normalized spacial score (nSPS) is 11.0. The Hall–Kier alpha value is -0.924. The van der Waals surface area contributed by atoms with Crippen LogP contribution in [-0.2, 0) is 16.6 Å². The van der Waals surface area contributed by atoms with Gasteiger partial charge in [0.2, 0.25) is 5.76 Å². The molecular formula is C15H15KNO4+. The Kier molecular flexibility index (Phi) is 6.83. The van der Waals surface area contributed by atoms with E-state index in [-0.39, 0.29) is 63.6 Å². The van der Waals surface area contributed by atoms with Crippen molar-refractivity contribution >= 4 is 22.9 Å². The van der Waals surface area contributed by atoms with Crippen LogP contribution in [0.1, 0.15) is 12.5 Å². The number of nitrogens with zero attached hydrogens (tertiary/aromatic N) is 1. The number of aliphatic hydroxyl groups is 1. The SMILES string of the molecule is CCOC(=O)/C(O)=C/c1cc(=O)n(C)c2ccccc12.[K+]. The van der Waals surface area contributed by atoms with Gasteiger partial charge in [0.1, 0.15) is 0 Å². The molecule has 1 aromatic carbocycles. The predicted octanol–water partition coefficient (Wildman–Crippen LogP) is -0.995. The quantitative estimate of drug-likeness (QED) is 0.342. The number of carbonyl (C=O) groups excluding carboxylic acids is 1. The van der Waals surface area contributed by atoms with Gasteiger partial charge in [-0.2, -0.15) is 0 Å². The molecule has 6 heteroatoms. The van der Waals surface area contributed by atoms with Gasteiger partial charge in [-0.15, -0.1) is 0 Å². The molecule has 0 aliphatic heterocycles. The summed E-state index contributed by atoms with van der Waals surface area (Å²) in [6.45, 7) is 1.83. The number of aromatic nitrogens is 1. The number of carbonyl (C=O) groups is 1. The summed E-state index contributed by atoms with van der Waals surface area (Å²) < 4.78 is 6.21. The first kappa shape index (κ1) is 18.1. The second kappa shape index (κ2) is 7.91. The van der Waals surface area contributed by atoms with E-state index in [4.69, 9.17) is 4.74 Å². The number of benzene rings is 1. The number of fused-ring (bicyclic) bond motifs is 1. The Labute approximate surface area is 164 Å². The third kappa shape index (κ3) is 4.05. The van der Waals surface area contributed by atoms with Crippen LogP contribution in [0.5, 0.6) is 0 Å². The van der Waals surface area contributed by atoms with Gasteiger partial charge >= 0.3 is 57.4 Å². The molecule has 21 heavy (non-hydrogen) atoms. The Morgan fingerprint density at radius 2 is 2.05 bits per heavy atom. The molecule has 0 saturated carbocycles. The first-order valence-corrected chi connectivity index (χ1v) is 6.21. The van der Waals surface area contributed by atoms with Gasteiger partial charge in [-0.3, -0.25) is 4.79 Å². The van der Waals surface area contributed by atoms with E-state index in [1.54, 1.807) is 20.0 Å². The van der Waals surface area contributed by atoms with Gasteiger partial charge in [0.05, 0.1) is 12.1 Å². The van der Waals surface area contributed by atoms with Gasteiger partial charge < -0.3 is 14.4 Å². The van der Waals surface area contributed by atoms with Gasteiger partial charge in [0.15, 0.2) is 0 Å². The Balaban J connectivity index is 0.00000220. The van der Waals surface area contributed by atoms with E-state index < -0.39 is 11.7 Å². The topological polar surface area (TPSA) is 68.5 Å². The molecule has 104 valence electrons. The molecular weight excluding hydrogens is 297 g/mol. The van der Waals surface area contributed by atoms with Crippen molar-refractivity contribution in [2.75, 3.05) is 6.61 Å². The van der Waals surface area contributed by atoms with Crippen LogP contribution in [0.15, 0.2) is 40.9 Å². The number of hydrogen-bond donors (Lipinski definition) is 1. The molecule has 0 aliphatic carbocycles. The molecule has 0 amide bonds. The fraction of sp³-hybridized carbons (Fsp3) is 0.200. The first-order valence-electron chi connectivity index (χ1n) is 6.21. The number of pyridine rings is 1. The number of aliphatic hydroxyl groups excluding tert-OH is 1. The molecule has 2 rings (SSSR count). The predicted molar refractivity (Wildman–Crippen MR) is 76.4 cm³/mol. The monoisotopic (exact) mass is 312 g/mol. The van der Waals surface area contributed by atoms with Crippen LogP contribution in [0, 0.1) is 0 Å². The average molecular weight is 312 g/mol. The Morgan fingerprint density at radius 1 is 1.38 bits per heavy atom. The molecule has 0 spiro atoms. The van der Waals surface area contributed by atoms with Crippen LogP contribution in [0.3, 0.4) is 0 Å². The Morgan fingerprint density at radius 3 is 2.71 bits per heavy atom. The first-order chi connectivity index (χ1) is 9.54. The third-order valence-corrected chi connectivity index (χ3v) is 2.96.